The number of hydrogen-bond acceptors (Lipinski definition) is 2. The SMILES string of the molecule is C=C1C=C(C)C(=O)O1.CC. The Bertz CT molecular complexity index is 178. The van der Waals surface area contributed by atoms with E-state index in [-0.39, 0.29) is 5.97 Å². The largest absolute Gasteiger partial charge is 0.424 e. The molecule has 0 aromatic heterocycles. The van der Waals surface area contributed by atoms with E-state index in [1.165, 1.54) is 0 Å². The average molecular weight is 140 g/mol. The van der Waals surface area contributed by atoms with Crippen molar-refractivity contribution in [1.82, 2.24) is 0 Å². The van der Waals surface area contributed by atoms with Crippen LogP contribution in [0.15, 0.2) is 24.0 Å². The van der Waals surface area contributed by atoms with Crippen LogP contribution in [0.1, 0.15) is 20.8 Å². The van der Waals surface area contributed by atoms with Gasteiger partial charge < -0.3 is 4.74 Å². The van der Waals surface area contributed by atoms with E-state index in [9.17, 15) is 4.79 Å². The molecule has 0 fully saturated rings. The zero-order chi connectivity index (χ0) is 8.15. The molecule has 0 atom stereocenters. The third kappa shape index (κ3) is 2.05. The van der Waals surface area contributed by atoms with Gasteiger partial charge in [-0.1, -0.05) is 20.4 Å². The van der Waals surface area contributed by atoms with Gasteiger partial charge in [-0.05, 0) is 13.0 Å². The van der Waals surface area contributed by atoms with Gasteiger partial charge in [0.1, 0.15) is 5.76 Å². The molecule has 0 amide bonds. The first-order chi connectivity index (χ1) is 4.70. The molecule has 0 bridgehead atoms. The molecular formula is C8H12O2. The Morgan fingerprint density at radius 2 is 2.00 bits per heavy atom. The minimum absolute atomic E-state index is 0.282. The maximum Gasteiger partial charge on any atom is 0.339 e. The van der Waals surface area contributed by atoms with Gasteiger partial charge in [-0.25, -0.2) is 4.79 Å². The van der Waals surface area contributed by atoms with Gasteiger partial charge >= 0.3 is 5.97 Å². The van der Waals surface area contributed by atoms with Crippen molar-refractivity contribution >= 4 is 5.97 Å². The molecule has 0 radical (unpaired) electrons. The Morgan fingerprint density at radius 1 is 1.50 bits per heavy atom. The lowest BCUT2D eigenvalue weighted by Gasteiger charge is -1.88. The third-order valence-corrected chi connectivity index (χ3v) is 0.923. The van der Waals surface area contributed by atoms with Crippen molar-refractivity contribution in [3.05, 3.63) is 24.0 Å². The first-order valence-corrected chi connectivity index (χ1v) is 3.29. The Morgan fingerprint density at radius 3 is 2.10 bits per heavy atom. The number of hydrogen-bond donors (Lipinski definition) is 0. The van der Waals surface area contributed by atoms with Crippen molar-refractivity contribution < 1.29 is 9.53 Å². The van der Waals surface area contributed by atoms with E-state index >= 15 is 0 Å². The normalized spacial score (nSPS) is 15.3. The van der Waals surface area contributed by atoms with Crippen molar-refractivity contribution in [3.63, 3.8) is 0 Å². The molecule has 56 valence electrons. The number of carbonyl (C=O) groups excluding carboxylic acids is 1. The predicted molar refractivity (Wildman–Crippen MR) is 40.3 cm³/mol. The van der Waals surface area contributed by atoms with Crippen LogP contribution in [0.5, 0.6) is 0 Å². The lowest BCUT2D eigenvalue weighted by molar-refractivity contribution is -0.133. The second-order valence-corrected chi connectivity index (χ2v) is 1.68. The highest BCUT2D eigenvalue weighted by atomic mass is 16.5. The van der Waals surface area contributed by atoms with E-state index in [2.05, 4.69) is 11.3 Å². The first kappa shape index (κ1) is 8.95. The van der Waals surface area contributed by atoms with Gasteiger partial charge in [0, 0.05) is 5.57 Å². The van der Waals surface area contributed by atoms with E-state index in [0.29, 0.717) is 11.3 Å². The molecule has 0 aromatic rings. The average Bonchev–Trinajstić information content (AvgIpc) is 2.16. The van der Waals surface area contributed by atoms with Crippen LogP contribution in [0.2, 0.25) is 0 Å². The van der Waals surface area contributed by atoms with Gasteiger partial charge in [-0.15, -0.1) is 0 Å². The van der Waals surface area contributed by atoms with Gasteiger partial charge in [0.15, 0.2) is 0 Å². The molecule has 0 spiro atoms. The molecule has 0 saturated carbocycles. The molecule has 1 aliphatic rings. The standard InChI is InChI=1S/C6H6O2.C2H6/c1-4-3-5(2)8-6(4)7;1-2/h3H,2H2,1H3;1-2H3. The minimum atomic E-state index is -0.282. The van der Waals surface area contributed by atoms with Crippen LogP contribution in [0, 0.1) is 0 Å². The van der Waals surface area contributed by atoms with Gasteiger partial charge in [0.25, 0.3) is 0 Å². The molecule has 0 saturated heterocycles. The molecule has 0 aromatic carbocycles. The summed E-state index contributed by atoms with van der Waals surface area (Å²) in [7, 11) is 0. The van der Waals surface area contributed by atoms with E-state index in [0.717, 1.165) is 0 Å². The van der Waals surface area contributed by atoms with Crippen molar-refractivity contribution in [2.45, 2.75) is 20.8 Å². The van der Waals surface area contributed by atoms with E-state index < -0.39 is 0 Å². The highest BCUT2D eigenvalue weighted by Crippen LogP contribution is 2.12. The summed E-state index contributed by atoms with van der Waals surface area (Å²) in [5.74, 6) is 0.155. The fourth-order valence-electron chi connectivity index (χ4n) is 0.529. The van der Waals surface area contributed by atoms with E-state index in [4.69, 9.17) is 0 Å². The summed E-state index contributed by atoms with van der Waals surface area (Å²) in [5, 5.41) is 0. The predicted octanol–water partition coefficient (Wildman–Crippen LogP) is 2.03. The number of cyclic esters (lactones) is 1. The van der Waals surface area contributed by atoms with Gasteiger partial charge in [-0.2, -0.15) is 0 Å². The number of carbonyl (C=O) groups is 1. The van der Waals surface area contributed by atoms with Crippen molar-refractivity contribution in [1.29, 1.82) is 0 Å². The third-order valence-electron chi connectivity index (χ3n) is 0.923. The van der Waals surface area contributed by atoms with Crippen LogP contribution in [0.3, 0.4) is 0 Å². The van der Waals surface area contributed by atoms with Gasteiger partial charge in [0.05, 0.1) is 0 Å². The van der Waals surface area contributed by atoms with Crippen LogP contribution in [-0.4, -0.2) is 5.97 Å². The van der Waals surface area contributed by atoms with Crippen LogP contribution in [0.25, 0.3) is 0 Å². The highest BCUT2D eigenvalue weighted by Gasteiger charge is 2.13. The highest BCUT2D eigenvalue weighted by molar-refractivity contribution is 5.91. The minimum Gasteiger partial charge on any atom is -0.424 e. The summed E-state index contributed by atoms with van der Waals surface area (Å²) in [6, 6.07) is 0. The molecular weight excluding hydrogens is 128 g/mol. The maximum absolute atomic E-state index is 10.4. The van der Waals surface area contributed by atoms with E-state index in [1.807, 2.05) is 13.8 Å². The molecule has 2 heteroatoms. The molecule has 10 heavy (non-hydrogen) atoms. The van der Waals surface area contributed by atoms with E-state index in [1.54, 1.807) is 13.0 Å². The first-order valence-electron chi connectivity index (χ1n) is 3.29. The molecule has 1 aliphatic heterocycles. The summed E-state index contributed by atoms with van der Waals surface area (Å²) < 4.78 is 4.55. The molecule has 0 N–H and O–H groups in total. The molecule has 1 rings (SSSR count). The lowest BCUT2D eigenvalue weighted by atomic mass is 10.3. The second kappa shape index (κ2) is 3.88. The Kier molecular flexibility index (Phi) is 3.47. The molecule has 0 aliphatic carbocycles. The number of esters is 1. The van der Waals surface area contributed by atoms with Gasteiger partial charge in [-0.3, -0.25) is 0 Å². The van der Waals surface area contributed by atoms with Crippen molar-refractivity contribution in [3.8, 4) is 0 Å². The monoisotopic (exact) mass is 140 g/mol. The van der Waals surface area contributed by atoms with Gasteiger partial charge in [0.2, 0.25) is 0 Å². The summed E-state index contributed by atoms with van der Waals surface area (Å²) in [5.41, 5.74) is 0.620. The molecule has 2 nitrogen and oxygen atoms in total. The van der Waals surface area contributed by atoms with Crippen LogP contribution in [-0.2, 0) is 9.53 Å². The Hall–Kier alpha value is -1.05. The fourth-order valence-corrected chi connectivity index (χ4v) is 0.529. The Balaban J connectivity index is 0.000000371. The maximum atomic E-state index is 10.4. The number of ether oxygens (including phenoxy) is 1. The quantitative estimate of drug-likeness (QED) is 0.481. The summed E-state index contributed by atoms with van der Waals surface area (Å²) in [4.78, 5) is 10.4. The molecule has 1 heterocycles. The number of rotatable bonds is 0. The zero-order valence-corrected chi connectivity index (χ0v) is 6.60. The second-order valence-electron chi connectivity index (χ2n) is 1.68. The van der Waals surface area contributed by atoms with Crippen molar-refractivity contribution in [2.75, 3.05) is 0 Å². The summed E-state index contributed by atoms with van der Waals surface area (Å²) >= 11 is 0. The Labute approximate surface area is 61.2 Å². The fraction of sp³-hybridized carbons (Fsp3) is 0.375. The topological polar surface area (TPSA) is 26.3 Å². The lowest BCUT2D eigenvalue weighted by Crippen LogP contribution is -1.93. The smallest absolute Gasteiger partial charge is 0.339 e. The number of allylic oxidation sites excluding steroid dienone is 1. The van der Waals surface area contributed by atoms with Crippen LogP contribution >= 0.6 is 0 Å². The zero-order valence-electron chi connectivity index (χ0n) is 6.60. The van der Waals surface area contributed by atoms with Crippen LogP contribution in [0.4, 0.5) is 0 Å². The summed E-state index contributed by atoms with van der Waals surface area (Å²) in [6.45, 7) is 9.13. The van der Waals surface area contributed by atoms with Crippen LogP contribution < -0.4 is 0 Å². The van der Waals surface area contributed by atoms with Crippen molar-refractivity contribution in [2.24, 2.45) is 0 Å². The molecule has 0 unspecified atom stereocenters. The summed E-state index contributed by atoms with van der Waals surface area (Å²) in [6.07, 6.45) is 1.61.